The largest absolute Gasteiger partial charge is 0.377 e. The first kappa shape index (κ1) is 11.4. The summed E-state index contributed by atoms with van der Waals surface area (Å²) in [5.41, 5.74) is 1.88. The number of hydrogen-bond donors (Lipinski definition) is 1. The second-order valence-electron chi connectivity index (χ2n) is 4.42. The van der Waals surface area contributed by atoms with Gasteiger partial charge in [0.1, 0.15) is 4.87 Å². The number of ether oxygens (including phenoxy) is 1. The third-order valence-electron chi connectivity index (χ3n) is 3.09. The van der Waals surface area contributed by atoms with Crippen LogP contribution in [0.3, 0.4) is 0 Å². The van der Waals surface area contributed by atoms with Gasteiger partial charge in [0, 0.05) is 4.90 Å². The van der Waals surface area contributed by atoms with Crippen LogP contribution in [0.15, 0.2) is 23.1 Å². The van der Waals surface area contributed by atoms with Crippen molar-refractivity contribution < 1.29 is 9.53 Å². The minimum atomic E-state index is -0.409. The molecule has 90 valence electrons. The van der Waals surface area contributed by atoms with Crippen molar-refractivity contribution in [1.29, 1.82) is 0 Å². The number of fused-ring (bicyclic) bond motifs is 1. The van der Waals surface area contributed by atoms with E-state index < -0.39 is 4.87 Å². The number of rotatable bonds is 1. The molecule has 5 heteroatoms. The Kier molecular flexibility index (Phi) is 2.61. The smallest absolute Gasteiger partial charge is 0.237 e. The highest BCUT2D eigenvalue weighted by molar-refractivity contribution is 8.00. The van der Waals surface area contributed by atoms with Crippen molar-refractivity contribution in [2.24, 2.45) is 0 Å². The summed E-state index contributed by atoms with van der Waals surface area (Å²) in [6.45, 7) is 2.97. The summed E-state index contributed by atoms with van der Waals surface area (Å²) >= 11 is 7.97. The number of carbonyl (C=O) groups excluding carboxylic acids is 1. The molecule has 1 N–H and O–H groups in total. The van der Waals surface area contributed by atoms with E-state index in [1.807, 2.05) is 25.1 Å². The van der Waals surface area contributed by atoms with E-state index in [1.54, 1.807) is 11.8 Å². The Labute approximate surface area is 109 Å². The lowest BCUT2D eigenvalue weighted by Gasteiger charge is -2.36. The second-order valence-corrected chi connectivity index (χ2v) is 6.52. The standard InChI is InChI=1S/C12H12ClNO2S/c1-7-11(15)14-9-4-8(2-3-10(9)17-7)12(13)5-16-6-12/h2-4,7H,5-6H2,1H3,(H,14,15). The molecule has 2 heterocycles. The Morgan fingerprint density at radius 2 is 2.29 bits per heavy atom. The zero-order valence-electron chi connectivity index (χ0n) is 9.33. The lowest BCUT2D eigenvalue weighted by molar-refractivity contribution is -0.115. The van der Waals surface area contributed by atoms with Crippen molar-refractivity contribution in [2.75, 3.05) is 18.5 Å². The van der Waals surface area contributed by atoms with E-state index in [1.165, 1.54) is 0 Å². The van der Waals surface area contributed by atoms with Crippen LogP contribution in [0.5, 0.6) is 0 Å². The fourth-order valence-corrected chi connectivity index (χ4v) is 3.14. The van der Waals surface area contributed by atoms with Crippen molar-refractivity contribution in [2.45, 2.75) is 21.9 Å². The Hall–Kier alpha value is -0.710. The van der Waals surface area contributed by atoms with Gasteiger partial charge < -0.3 is 10.1 Å². The lowest BCUT2D eigenvalue weighted by atomic mass is 9.96. The number of hydrogen-bond acceptors (Lipinski definition) is 3. The maximum Gasteiger partial charge on any atom is 0.237 e. The van der Waals surface area contributed by atoms with Gasteiger partial charge in [0.15, 0.2) is 0 Å². The minimum absolute atomic E-state index is 0.0367. The monoisotopic (exact) mass is 269 g/mol. The molecule has 0 saturated carbocycles. The van der Waals surface area contributed by atoms with E-state index in [4.69, 9.17) is 16.3 Å². The van der Waals surface area contributed by atoms with Crippen LogP contribution in [0.2, 0.25) is 0 Å². The predicted molar refractivity (Wildman–Crippen MR) is 68.7 cm³/mol. The number of halogens is 1. The molecular formula is C12H12ClNO2S. The van der Waals surface area contributed by atoms with Crippen LogP contribution in [0.25, 0.3) is 0 Å². The molecule has 1 aromatic carbocycles. The number of alkyl halides is 1. The molecular weight excluding hydrogens is 258 g/mol. The molecule has 1 aromatic rings. The normalized spacial score (nSPS) is 25.8. The number of thioether (sulfide) groups is 1. The summed E-state index contributed by atoms with van der Waals surface area (Å²) in [5, 5.41) is 2.87. The van der Waals surface area contributed by atoms with E-state index in [0.717, 1.165) is 16.1 Å². The summed E-state index contributed by atoms with van der Waals surface area (Å²) in [6.07, 6.45) is 0. The van der Waals surface area contributed by atoms with E-state index in [0.29, 0.717) is 13.2 Å². The summed E-state index contributed by atoms with van der Waals surface area (Å²) in [6, 6.07) is 6.00. The summed E-state index contributed by atoms with van der Waals surface area (Å²) in [5.74, 6) is 0.0492. The fraction of sp³-hybridized carbons (Fsp3) is 0.417. The van der Waals surface area contributed by atoms with Crippen LogP contribution >= 0.6 is 23.4 Å². The van der Waals surface area contributed by atoms with Crippen molar-refractivity contribution in [3.63, 3.8) is 0 Å². The van der Waals surface area contributed by atoms with E-state index in [9.17, 15) is 4.79 Å². The van der Waals surface area contributed by atoms with Crippen LogP contribution in [-0.4, -0.2) is 24.4 Å². The molecule has 17 heavy (non-hydrogen) atoms. The van der Waals surface area contributed by atoms with Crippen LogP contribution in [0, 0.1) is 0 Å². The molecule has 1 saturated heterocycles. The SMILES string of the molecule is CC1Sc2ccc(C3(Cl)COC3)cc2NC1=O. The highest BCUT2D eigenvalue weighted by Crippen LogP contribution is 2.42. The van der Waals surface area contributed by atoms with Gasteiger partial charge in [0.05, 0.1) is 24.2 Å². The highest BCUT2D eigenvalue weighted by Gasteiger charge is 2.39. The molecule has 3 nitrogen and oxygen atoms in total. The summed E-state index contributed by atoms with van der Waals surface area (Å²) < 4.78 is 5.15. The first-order valence-corrected chi connectivity index (χ1v) is 6.73. The molecule has 0 bridgehead atoms. The Bertz CT molecular complexity index is 487. The fourth-order valence-electron chi connectivity index (χ4n) is 1.94. The van der Waals surface area contributed by atoms with E-state index in [-0.39, 0.29) is 11.2 Å². The van der Waals surface area contributed by atoms with Crippen molar-refractivity contribution in [3.05, 3.63) is 23.8 Å². The third-order valence-corrected chi connectivity index (χ3v) is 4.70. The molecule has 0 spiro atoms. The average molecular weight is 270 g/mol. The number of benzene rings is 1. The molecule has 2 aliphatic rings. The number of nitrogens with one attached hydrogen (secondary N) is 1. The van der Waals surface area contributed by atoms with Crippen LogP contribution in [0.4, 0.5) is 5.69 Å². The average Bonchev–Trinajstić information content (AvgIpc) is 2.27. The molecule has 0 radical (unpaired) electrons. The zero-order chi connectivity index (χ0) is 12.0. The van der Waals surface area contributed by atoms with Gasteiger partial charge in [-0.3, -0.25) is 4.79 Å². The molecule has 3 rings (SSSR count). The molecule has 1 unspecified atom stereocenters. The topological polar surface area (TPSA) is 38.3 Å². The minimum Gasteiger partial charge on any atom is -0.377 e. The van der Waals surface area contributed by atoms with Crippen LogP contribution in [-0.2, 0) is 14.4 Å². The Morgan fingerprint density at radius 3 is 2.94 bits per heavy atom. The maximum atomic E-state index is 11.6. The number of carbonyl (C=O) groups is 1. The van der Waals surface area contributed by atoms with Crippen LogP contribution in [0.1, 0.15) is 12.5 Å². The Morgan fingerprint density at radius 1 is 1.53 bits per heavy atom. The molecule has 1 atom stereocenters. The van der Waals surface area contributed by atoms with Crippen molar-refractivity contribution >= 4 is 35.0 Å². The Balaban J connectivity index is 1.96. The summed E-state index contributed by atoms with van der Waals surface area (Å²) in [7, 11) is 0. The molecule has 0 aliphatic carbocycles. The zero-order valence-corrected chi connectivity index (χ0v) is 10.9. The van der Waals surface area contributed by atoms with Gasteiger partial charge in [-0.25, -0.2) is 0 Å². The number of anilines is 1. The van der Waals surface area contributed by atoms with Gasteiger partial charge in [-0.05, 0) is 24.6 Å². The van der Waals surface area contributed by atoms with Gasteiger partial charge in [0.25, 0.3) is 0 Å². The highest BCUT2D eigenvalue weighted by atomic mass is 35.5. The molecule has 2 aliphatic heterocycles. The maximum absolute atomic E-state index is 11.6. The van der Waals surface area contributed by atoms with Crippen LogP contribution < -0.4 is 5.32 Å². The first-order valence-electron chi connectivity index (χ1n) is 5.47. The third kappa shape index (κ3) is 1.84. The second kappa shape index (κ2) is 3.90. The van der Waals surface area contributed by atoms with Gasteiger partial charge in [-0.1, -0.05) is 6.07 Å². The van der Waals surface area contributed by atoms with Crippen molar-refractivity contribution in [1.82, 2.24) is 0 Å². The molecule has 0 aromatic heterocycles. The molecule has 1 fully saturated rings. The predicted octanol–water partition coefficient (Wildman–Crippen LogP) is 2.58. The quantitative estimate of drug-likeness (QED) is 0.797. The van der Waals surface area contributed by atoms with E-state index in [2.05, 4.69) is 5.32 Å². The van der Waals surface area contributed by atoms with Gasteiger partial charge in [0.2, 0.25) is 5.91 Å². The van der Waals surface area contributed by atoms with Gasteiger partial charge in [-0.2, -0.15) is 0 Å². The number of amides is 1. The lowest BCUT2D eigenvalue weighted by Crippen LogP contribution is -2.41. The van der Waals surface area contributed by atoms with Gasteiger partial charge >= 0.3 is 0 Å². The van der Waals surface area contributed by atoms with E-state index >= 15 is 0 Å². The summed E-state index contributed by atoms with van der Waals surface area (Å²) in [4.78, 5) is 12.3. The van der Waals surface area contributed by atoms with Crippen molar-refractivity contribution in [3.8, 4) is 0 Å². The van der Waals surface area contributed by atoms with Gasteiger partial charge in [-0.15, -0.1) is 23.4 Å². The molecule has 1 amide bonds. The first-order chi connectivity index (χ1) is 8.08.